The number of nitrogens with zero attached hydrogens (tertiary/aromatic N) is 4. The van der Waals surface area contributed by atoms with Crippen LogP contribution in [0.1, 0.15) is 16.7 Å². The molecule has 3 aromatic carbocycles. The summed E-state index contributed by atoms with van der Waals surface area (Å²) in [5.74, 6) is 0.370. The summed E-state index contributed by atoms with van der Waals surface area (Å²) in [5, 5.41) is 5.95. The van der Waals surface area contributed by atoms with Crippen LogP contribution in [-0.2, 0) is 5.54 Å². The topological polar surface area (TPSA) is 35.1 Å². The molecule has 4 nitrogen and oxygen atoms in total. The molecule has 0 N–H and O–H groups in total. The first-order valence-corrected chi connectivity index (χ1v) is 10.9. The van der Waals surface area contributed by atoms with Crippen molar-refractivity contribution in [1.29, 1.82) is 0 Å². The third-order valence-electron chi connectivity index (χ3n) is 5.51. The first-order chi connectivity index (χ1) is 15.2. The first-order valence-electron chi connectivity index (χ1n) is 9.84. The fourth-order valence-electron chi connectivity index (χ4n) is 4.19. The molecule has 0 atom stereocenters. The Morgan fingerprint density at radius 1 is 0.774 bits per heavy atom. The molecule has 0 bridgehead atoms. The van der Waals surface area contributed by atoms with E-state index in [1.165, 1.54) is 0 Å². The highest BCUT2D eigenvalue weighted by Gasteiger charge is 2.41. The molecule has 0 radical (unpaired) electrons. The predicted octanol–water partition coefficient (Wildman–Crippen LogP) is 6.43. The van der Waals surface area contributed by atoms with E-state index in [0.717, 1.165) is 31.3 Å². The Bertz CT molecular complexity index is 1290. The molecule has 2 aromatic heterocycles. The van der Waals surface area contributed by atoms with Gasteiger partial charge < -0.3 is 4.85 Å². The zero-order chi connectivity index (χ0) is 21.3. The second kappa shape index (κ2) is 7.97. The third-order valence-corrected chi connectivity index (χ3v) is 6.31. The van der Waals surface area contributed by atoms with E-state index in [1.54, 1.807) is 6.20 Å². The van der Waals surface area contributed by atoms with Crippen molar-refractivity contribution in [2.75, 3.05) is 0 Å². The summed E-state index contributed by atoms with van der Waals surface area (Å²) in [5.41, 5.74) is 3.48. The van der Waals surface area contributed by atoms with Crippen molar-refractivity contribution in [2.24, 2.45) is 0 Å². The summed E-state index contributed by atoms with van der Waals surface area (Å²) in [6.45, 7) is 7.36. The smallest absolute Gasteiger partial charge is 0.270 e. The van der Waals surface area contributed by atoms with Crippen molar-refractivity contribution in [2.45, 2.75) is 5.54 Å². The van der Waals surface area contributed by atoms with Gasteiger partial charge in [-0.2, -0.15) is 5.10 Å². The first kappa shape index (κ1) is 19.5. The van der Waals surface area contributed by atoms with Crippen LogP contribution in [0.15, 0.2) is 103 Å². The number of pyridine rings is 1. The van der Waals surface area contributed by atoms with Crippen molar-refractivity contribution < 1.29 is 0 Å². The average Bonchev–Trinajstić information content (AvgIpc) is 3.17. The highest BCUT2D eigenvalue weighted by atomic mass is 127. The van der Waals surface area contributed by atoms with Gasteiger partial charge in [0.2, 0.25) is 0 Å². The summed E-state index contributed by atoms with van der Waals surface area (Å²) in [4.78, 5) is 7.88. The van der Waals surface area contributed by atoms with E-state index >= 15 is 0 Å². The van der Waals surface area contributed by atoms with E-state index in [0.29, 0.717) is 5.82 Å². The van der Waals surface area contributed by atoms with Crippen LogP contribution in [-0.4, -0.2) is 14.8 Å². The fourth-order valence-corrected chi connectivity index (χ4v) is 4.84. The molecule has 0 fully saturated rings. The Morgan fingerprint density at radius 2 is 1.26 bits per heavy atom. The fraction of sp³-hybridized carbons (Fsp3) is 0.0385. The summed E-state index contributed by atoms with van der Waals surface area (Å²) in [6.07, 6.45) is 1.77. The van der Waals surface area contributed by atoms with Gasteiger partial charge >= 0.3 is 0 Å². The van der Waals surface area contributed by atoms with Gasteiger partial charge in [0, 0.05) is 5.39 Å². The minimum absolute atomic E-state index is 0.370. The van der Waals surface area contributed by atoms with Gasteiger partial charge in [0.15, 0.2) is 0 Å². The van der Waals surface area contributed by atoms with E-state index in [9.17, 15) is 0 Å². The summed E-state index contributed by atoms with van der Waals surface area (Å²) in [6, 6.07) is 33.1. The van der Waals surface area contributed by atoms with Crippen LogP contribution in [0.25, 0.3) is 15.7 Å². The van der Waals surface area contributed by atoms with Gasteiger partial charge in [-0.15, -0.1) is 4.98 Å². The van der Waals surface area contributed by atoms with Crippen molar-refractivity contribution in [1.82, 2.24) is 14.8 Å². The van der Waals surface area contributed by atoms with Crippen LogP contribution in [0.5, 0.6) is 0 Å². The third kappa shape index (κ3) is 3.11. The second-order valence-electron chi connectivity index (χ2n) is 7.18. The van der Waals surface area contributed by atoms with Gasteiger partial charge in [-0.25, -0.2) is 4.68 Å². The molecule has 31 heavy (non-hydrogen) atoms. The van der Waals surface area contributed by atoms with E-state index in [1.807, 2.05) is 24.3 Å². The van der Waals surface area contributed by atoms with Crippen molar-refractivity contribution in [3.05, 3.63) is 135 Å². The molecular formula is C26H17IN4. The number of aromatic nitrogens is 3. The maximum atomic E-state index is 7.36. The summed E-state index contributed by atoms with van der Waals surface area (Å²) in [7, 11) is 0. The van der Waals surface area contributed by atoms with Gasteiger partial charge in [0.1, 0.15) is 21.0 Å². The highest BCUT2D eigenvalue weighted by molar-refractivity contribution is 14.1. The minimum Gasteiger partial charge on any atom is -0.361 e. The van der Waals surface area contributed by atoms with Gasteiger partial charge in [-0.05, 0) is 45.3 Å². The number of fused-ring (bicyclic) bond motifs is 1. The molecule has 0 aliphatic rings. The van der Waals surface area contributed by atoms with Crippen LogP contribution in [0, 0.1) is 10.3 Å². The Labute approximate surface area is 194 Å². The molecular weight excluding hydrogens is 495 g/mol. The zero-order valence-electron chi connectivity index (χ0n) is 16.5. The molecule has 0 amide bonds. The maximum absolute atomic E-state index is 7.36. The molecule has 0 saturated carbocycles. The van der Waals surface area contributed by atoms with E-state index < -0.39 is 5.54 Å². The molecule has 148 valence electrons. The largest absolute Gasteiger partial charge is 0.361 e. The molecule has 5 rings (SSSR count). The number of benzene rings is 3. The van der Waals surface area contributed by atoms with Crippen molar-refractivity contribution in [3.8, 4) is 0 Å². The van der Waals surface area contributed by atoms with Crippen LogP contribution in [0.3, 0.4) is 0 Å². The molecule has 5 aromatic rings. The lowest BCUT2D eigenvalue weighted by Gasteiger charge is -2.36. The lowest BCUT2D eigenvalue weighted by atomic mass is 9.77. The van der Waals surface area contributed by atoms with E-state index in [-0.39, 0.29) is 0 Å². The lowest BCUT2D eigenvalue weighted by molar-refractivity contribution is 0.473. The molecule has 5 heteroatoms. The Morgan fingerprint density at radius 3 is 1.71 bits per heavy atom. The standard InChI is InChI=1S/C26H17IN4/c1-28-24-17-22-23(18-29-24)31(30-25(22)27)26(19-11-5-2-6-12-19,20-13-7-3-8-14-20)21-15-9-4-10-16-21/h2-18H. The van der Waals surface area contributed by atoms with Gasteiger partial charge in [0.05, 0.1) is 0 Å². The predicted molar refractivity (Wildman–Crippen MR) is 131 cm³/mol. The molecule has 0 aliphatic carbocycles. The number of hydrogen-bond acceptors (Lipinski definition) is 2. The average molecular weight is 512 g/mol. The monoisotopic (exact) mass is 512 g/mol. The van der Waals surface area contributed by atoms with Crippen molar-refractivity contribution >= 4 is 39.3 Å². The van der Waals surface area contributed by atoms with E-state index in [2.05, 4.69) is 110 Å². The van der Waals surface area contributed by atoms with Gasteiger partial charge in [0.25, 0.3) is 5.82 Å². The maximum Gasteiger partial charge on any atom is 0.270 e. The zero-order valence-corrected chi connectivity index (χ0v) is 18.6. The van der Waals surface area contributed by atoms with Crippen LogP contribution >= 0.6 is 22.6 Å². The Hall–Kier alpha value is -3.50. The molecule has 2 heterocycles. The Kier molecular flexibility index (Phi) is 5.00. The lowest BCUT2D eigenvalue weighted by Crippen LogP contribution is -2.38. The summed E-state index contributed by atoms with van der Waals surface area (Å²) >= 11 is 2.25. The molecule has 0 spiro atoms. The van der Waals surface area contributed by atoms with Gasteiger partial charge in [-0.3, -0.25) is 0 Å². The van der Waals surface area contributed by atoms with Crippen LogP contribution < -0.4 is 0 Å². The quantitative estimate of drug-likeness (QED) is 0.158. The SMILES string of the molecule is [C-]#[N+]c1cc2c(I)nn(C(c3ccccc3)(c3ccccc3)c3ccccc3)c2cn1. The molecule has 0 unspecified atom stereocenters. The Balaban J connectivity index is 1.97. The van der Waals surface area contributed by atoms with Crippen LogP contribution in [0.2, 0.25) is 0 Å². The number of hydrogen-bond donors (Lipinski definition) is 0. The minimum atomic E-state index is -0.702. The normalized spacial score (nSPS) is 11.4. The number of rotatable bonds is 4. The summed E-state index contributed by atoms with van der Waals surface area (Å²) < 4.78 is 2.90. The van der Waals surface area contributed by atoms with Gasteiger partial charge in [-0.1, -0.05) is 97.6 Å². The molecule has 0 aliphatic heterocycles. The van der Waals surface area contributed by atoms with E-state index in [4.69, 9.17) is 11.7 Å². The second-order valence-corrected chi connectivity index (χ2v) is 8.20. The van der Waals surface area contributed by atoms with Crippen LogP contribution in [0.4, 0.5) is 5.82 Å². The highest BCUT2D eigenvalue weighted by Crippen LogP contribution is 2.42. The molecule has 0 saturated heterocycles. The van der Waals surface area contributed by atoms with Crippen molar-refractivity contribution in [3.63, 3.8) is 0 Å². The number of halogens is 1.